The van der Waals surface area contributed by atoms with Gasteiger partial charge in [0.25, 0.3) is 0 Å². The number of benzene rings is 2. The van der Waals surface area contributed by atoms with Crippen molar-refractivity contribution in [1.82, 2.24) is 0 Å². The standard InChI is InChI=1S/C13H7BrClF3O/c14-9-3-6-11(12(15)7-9)8-1-4-10(5-2-8)19-13(16,17)18/h1-7H. The van der Waals surface area contributed by atoms with Gasteiger partial charge in [0, 0.05) is 15.1 Å². The Balaban J connectivity index is 2.27. The molecule has 0 saturated heterocycles. The number of rotatable bonds is 2. The number of ether oxygens (including phenoxy) is 1. The highest BCUT2D eigenvalue weighted by Gasteiger charge is 2.30. The molecule has 0 saturated carbocycles. The van der Waals surface area contributed by atoms with Crippen LogP contribution in [-0.2, 0) is 0 Å². The van der Waals surface area contributed by atoms with Gasteiger partial charge in [-0.3, -0.25) is 0 Å². The molecular weight excluding hydrogens is 344 g/mol. The lowest BCUT2D eigenvalue weighted by atomic mass is 10.1. The van der Waals surface area contributed by atoms with Gasteiger partial charge in [0.1, 0.15) is 5.75 Å². The van der Waals surface area contributed by atoms with Crippen molar-refractivity contribution in [3.63, 3.8) is 0 Å². The van der Waals surface area contributed by atoms with Gasteiger partial charge in [0.2, 0.25) is 0 Å². The summed E-state index contributed by atoms with van der Waals surface area (Å²) >= 11 is 9.35. The van der Waals surface area contributed by atoms with E-state index in [0.717, 1.165) is 10.0 Å². The molecule has 0 amide bonds. The lowest BCUT2D eigenvalue weighted by Crippen LogP contribution is -2.16. The van der Waals surface area contributed by atoms with Crippen LogP contribution in [0.2, 0.25) is 5.02 Å². The molecule has 0 aliphatic heterocycles. The fraction of sp³-hybridized carbons (Fsp3) is 0.0769. The van der Waals surface area contributed by atoms with Gasteiger partial charge in [0.05, 0.1) is 0 Å². The molecule has 0 aliphatic carbocycles. The summed E-state index contributed by atoms with van der Waals surface area (Å²) in [6, 6.07) is 10.9. The zero-order valence-corrected chi connectivity index (χ0v) is 11.7. The van der Waals surface area contributed by atoms with Crippen LogP contribution in [0.15, 0.2) is 46.9 Å². The van der Waals surface area contributed by atoms with Crippen LogP contribution in [0.1, 0.15) is 0 Å². The third kappa shape index (κ3) is 3.88. The number of alkyl halides is 3. The molecule has 2 rings (SSSR count). The van der Waals surface area contributed by atoms with E-state index in [4.69, 9.17) is 11.6 Å². The van der Waals surface area contributed by atoms with Gasteiger partial charge < -0.3 is 4.74 Å². The highest BCUT2D eigenvalue weighted by molar-refractivity contribution is 9.10. The quantitative estimate of drug-likeness (QED) is 0.677. The van der Waals surface area contributed by atoms with Crippen LogP contribution in [0, 0.1) is 0 Å². The lowest BCUT2D eigenvalue weighted by Gasteiger charge is -2.10. The Morgan fingerprint density at radius 3 is 2.16 bits per heavy atom. The average Bonchev–Trinajstić information content (AvgIpc) is 2.28. The van der Waals surface area contributed by atoms with Crippen LogP contribution < -0.4 is 4.74 Å². The summed E-state index contributed by atoms with van der Waals surface area (Å²) in [5.41, 5.74) is 1.45. The van der Waals surface area contributed by atoms with Crippen LogP contribution in [0.3, 0.4) is 0 Å². The highest BCUT2D eigenvalue weighted by Crippen LogP contribution is 2.32. The average molecular weight is 352 g/mol. The Morgan fingerprint density at radius 2 is 1.63 bits per heavy atom. The Morgan fingerprint density at radius 1 is 1.00 bits per heavy atom. The summed E-state index contributed by atoms with van der Waals surface area (Å²) in [5.74, 6) is -0.260. The van der Waals surface area contributed by atoms with Gasteiger partial charge in [-0.05, 0) is 29.8 Å². The van der Waals surface area contributed by atoms with Gasteiger partial charge in [-0.25, -0.2) is 0 Å². The van der Waals surface area contributed by atoms with E-state index in [2.05, 4.69) is 20.7 Å². The van der Waals surface area contributed by atoms with Gasteiger partial charge in [0.15, 0.2) is 0 Å². The zero-order valence-electron chi connectivity index (χ0n) is 9.34. The molecule has 0 bridgehead atoms. The van der Waals surface area contributed by atoms with Crippen molar-refractivity contribution in [2.45, 2.75) is 6.36 Å². The highest BCUT2D eigenvalue weighted by atomic mass is 79.9. The molecule has 0 spiro atoms. The van der Waals surface area contributed by atoms with E-state index in [1.807, 2.05) is 0 Å². The monoisotopic (exact) mass is 350 g/mol. The van der Waals surface area contributed by atoms with E-state index in [1.54, 1.807) is 18.2 Å². The summed E-state index contributed by atoms with van der Waals surface area (Å²) in [6.45, 7) is 0. The maximum Gasteiger partial charge on any atom is 0.573 e. The summed E-state index contributed by atoms with van der Waals surface area (Å²) in [5, 5.41) is 0.513. The van der Waals surface area contributed by atoms with Gasteiger partial charge in [-0.2, -0.15) is 0 Å². The molecule has 0 aromatic heterocycles. The Kier molecular flexibility index (Phi) is 4.06. The minimum Gasteiger partial charge on any atom is -0.406 e. The first kappa shape index (κ1) is 14.2. The minimum absolute atomic E-state index is 0.260. The third-order valence-corrected chi connectivity index (χ3v) is 3.14. The van der Waals surface area contributed by atoms with Crippen LogP contribution in [0.4, 0.5) is 13.2 Å². The number of halogens is 5. The van der Waals surface area contributed by atoms with Gasteiger partial charge in [-0.1, -0.05) is 45.7 Å². The maximum atomic E-state index is 12.0. The molecule has 0 fully saturated rings. The third-order valence-electron chi connectivity index (χ3n) is 2.33. The summed E-state index contributed by atoms with van der Waals surface area (Å²) in [7, 11) is 0. The number of hydrogen-bond donors (Lipinski definition) is 0. The number of hydrogen-bond acceptors (Lipinski definition) is 1. The van der Waals surface area contributed by atoms with E-state index < -0.39 is 6.36 Å². The van der Waals surface area contributed by atoms with Crippen molar-refractivity contribution in [1.29, 1.82) is 0 Å². The Hall–Kier alpha value is -1.20. The largest absolute Gasteiger partial charge is 0.573 e. The maximum absolute atomic E-state index is 12.0. The second kappa shape index (κ2) is 5.43. The minimum atomic E-state index is -4.68. The molecule has 2 aromatic carbocycles. The van der Waals surface area contributed by atoms with Crippen molar-refractivity contribution < 1.29 is 17.9 Å². The first-order chi connectivity index (χ1) is 8.85. The normalized spacial score (nSPS) is 11.4. The zero-order chi connectivity index (χ0) is 14.0. The fourth-order valence-electron chi connectivity index (χ4n) is 1.56. The Bertz CT molecular complexity index is 581. The smallest absolute Gasteiger partial charge is 0.406 e. The molecule has 6 heteroatoms. The Labute approximate surface area is 121 Å². The van der Waals surface area contributed by atoms with E-state index in [0.29, 0.717) is 10.6 Å². The first-order valence-corrected chi connectivity index (χ1v) is 6.33. The predicted molar refractivity (Wildman–Crippen MR) is 71.3 cm³/mol. The van der Waals surface area contributed by atoms with Crippen molar-refractivity contribution >= 4 is 27.5 Å². The molecule has 0 aliphatic rings. The molecule has 0 atom stereocenters. The molecule has 0 heterocycles. The van der Waals surface area contributed by atoms with E-state index in [-0.39, 0.29) is 5.75 Å². The predicted octanol–water partition coefficient (Wildman–Crippen LogP) is 5.67. The summed E-state index contributed by atoms with van der Waals surface area (Å²) < 4.78 is 40.7. The van der Waals surface area contributed by atoms with E-state index in [1.165, 1.54) is 24.3 Å². The fourth-order valence-corrected chi connectivity index (χ4v) is 2.34. The van der Waals surface area contributed by atoms with Crippen LogP contribution >= 0.6 is 27.5 Å². The molecule has 2 aromatic rings. The first-order valence-electron chi connectivity index (χ1n) is 5.16. The van der Waals surface area contributed by atoms with Crippen LogP contribution in [0.5, 0.6) is 5.75 Å². The molecule has 0 radical (unpaired) electrons. The molecule has 1 nitrogen and oxygen atoms in total. The topological polar surface area (TPSA) is 9.23 Å². The van der Waals surface area contributed by atoms with Crippen molar-refractivity contribution in [3.8, 4) is 16.9 Å². The molecule has 19 heavy (non-hydrogen) atoms. The summed E-state index contributed by atoms with van der Waals surface area (Å²) in [4.78, 5) is 0. The van der Waals surface area contributed by atoms with Gasteiger partial charge >= 0.3 is 6.36 Å². The van der Waals surface area contributed by atoms with Crippen LogP contribution in [-0.4, -0.2) is 6.36 Å². The lowest BCUT2D eigenvalue weighted by molar-refractivity contribution is -0.274. The second-order valence-electron chi connectivity index (χ2n) is 3.70. The van der Waals surface area contributed by atoms with E-state index >= 15 is 0 Å². The van der Waals surface area contributed by atoms with Gasteiger partial charge in [-0.15, -0.1) is 13.2 Å². The SMILES string of the molecule is FC(F)(F)Oc1ccc(-c2ccc(Br)cc2Cl)cc1. The van der Waals surface area contributed by atoms with Crippen LogP contribution in [0.25, 0.3) is 11.1 Å². The van der Waals surface area contributed by atoms with Crippen molar-refractivity contribution in [2.75, 3.05) is 0 Å². The second-order valence-corrected chi connectivity index (χ2v) is 5.02. The van der Waals surface area contributed by atoms with Crippen molar-refractivity contribution in [3.05, 3.63) is 52.0 Å². The van der Waals surface area contributed by atoms with E-state index in [9.17, 15) is 13.2 Å². The van der Waals surface area contributed by atoms with Crippen molar-refractivity contribution in [2.24, 2.45) is 0 Å². The summed E-state index contributed by atoms with van der Waals surface area (Å²) in [6.07, 6.45) is -4.68. The molecule has 0 N–H and O–H groups in total. The molecule has 0 unspecified atom stereocenters. The molecular formula is C13H7BrClF3O. The molecule has 100 valence electrons.